The zero-order valence-electron chi connectivity index (χ0n) is 15.5. The van der Waals surface area contributed by atoms with Gasteiger partial charge in [-0.05, 0) is 46.2 Å². The number of esters is 1. The summed E-state index contributed by atoms with van der Waals surface area (Å²) in [5.41, 5.74) is 4.92. The Labute approximate surface area is 151 Å². The maximum atomic E-state index is 11.8. The lowest BCUT2D eigenvalue weighted by molar-refractivity contribution is 0.0524. The number of carbonyl (C=O) groups excluding carboxylic acids is 1. The highest BCUT2D eigenvalue weighted by Gasteiger charge is 2.14. The van der Waals surface area contributed by atoms with E-state index in [4.69, 9.17) is 4.74 Å². The summed E-state index contributed by atoms with van der Waals surface area (Å²) in [5, 5.41) is 4.05. The Morgan fingerprint density at radius 1 is 1.04 bits per heavy atom. The van der Waals surface area contributed by atoms with Gasteiger partial charge < -0.3 is 4.74 Å². The highest BCUT2D eigenvalue weighted by molar-refractivity contribution is 5.90. The van der Waals surface area contributed by atoms with Crippen molar-refractivity contribution in [2.24, 2.45) is 0 Å². The molecule has 0 amide bonds. The minimum absolute atomic E-state index is 0.307. The van der Waals surface area contributed by atoms with E-state index in [2.05, 4.69) is 44.3 Å². The first-order valence-corrected chi connectivity index (χ1v) is 8.42. The molecule has 0 unspecified atom stereocenters. The second kappa shape index (κ2) is 7.03. The van der Waals surface area contributed by atoms with E-state index in [-0.39, 0.29) is 0 Å². The molecule has 1 N–H and O–H groups in total. The predicted octanol–water partition coefficient (Wildman–Crippen LogP) is 3.57. The normalized spacial score (nSPS) is 10.8. The summed E-state index contributed by atoms with van der Waals surface area (Å²) < 4.78 is 4.99. The van der Waals surface area contributed by atoms with Gasteiger partial charge in [-0.3, -0.25) is 5.32 Å². The van der Waals surface area contributed by atoms with Crippen molar-refractivity contribution in [2.45, 2.75) is 34.6 Å². The molecule has 7 nitrogen and oxygen atoms in total. The summed E-state index contributed by atoms with van der Waals surface area (Å²) in [6.07, 6.45) is 1.45. The number of rotatable bonds is 4. The van der Waals surface area contributed by atoms with E-state index in [1.807, 2.05) is 13.8 Å². The number of carbonyl (C=O) groups is 1. The fraction of sp³-hybridized carbons (Fsp3) is 0.316. The zero-order valence-corrected chi connectivity index (χ0v) is 15.5. The van der Waals surface area contributed by atoms with Crippen LogP contribution in [0.1, 0.15) is 39.8 Å². The molecule has 1 aromatic carbocycles. The molecule has 2 aromatic heterocycles. The maximum absolute atomic E-state index is 11.8. The van der Waals surface area contributed by atoms with Crippen LogP contribution in [0.25, 0.3) is 10.9 Å². The van der Waals surface area contributed by atoms with Crippen molar-refractivity contribution in [2.75, 3.05) is 11.9 Å². The molecule has 3 aromatic rings. The third kappa shape index (κ3) is 3.46. The molecule has 0 saturated carbocycles. The minimum Gasteiger partial charge on any atom is -0.462 e. The second-order valence-electron chi connectivity index (χ2n) is 6.15. The largest absolute Gasteiger partial charge is 0.462 e. The molecular weight excluding hydrogens is 330 g/mol. The van der Waals surface area contributed by atoms with E-state index in [9.17, 15) is 4.79 Å². The molecule has 0 aliphatic rings. The van der Waals surface area contributed by atoms with Crippen molar-refractivity contribution in [3.63, 3.8) is 0 Å². The van der Waals surface area contributed by atoms with Crippen molar-refractivity contribution < 1.29 is 9.53 Å². The van der Waals surface area contributed by atoms with Crippen LogP contribution in [-0.2, 0) is 4.74 Å². The summed E-state index contributed by atoms with van der Waals surface area (Å²) in [6, 6.07) is 4.17. The SMILES string of the molecule is CCOC(=O)c1cnc(Nc2nc(C)c3cc(C)cc(C)c3n2)nc1C. The van der Waals surface area contributed by atoms with Gasteiger partial charge in [0.05, 0.1) is 29.1 Å². The number of nitrogens with zero attached hydrogens (tertiary/aromatic N) is 4. The Bertz CT molecular complexity index is 1000. The Morgan fingerprint density at radius 3 is 2.46 bits per heavy atom. The zero-order chi connectivity index (χ0) is 18.8. The van der Waals surface area contributed by atoms with Gasteiger partial charge in [0.1, 0.15) is 0 Å². The van der Waals surface area contributed by atoms with Gasteiger partial charge >= 0.3 is 5.97 Å². The quantitative estimate of drug-likeness (QED) is 0.719. The van der Waals surface area contributed by atoms with Crippen molar-refractivity contribution in [3.8, 4) is 0 Å². The minimum atomic E-state index is -0.430. The van der Waals surface area contributed by atoms with Gasteiger partial charge in [-0.15, -0.1) is 0 Å². The van der Waals surface area contributed by atoms with E-state index in [1.54, 1.807) is 13.8 Å². The van der Waals surface area contributed by atoms with Gasteiger partial charge in [0.2, 0.25) is 11.9 Å². The number of aromatic nitrogens is 4. The van der Waals surface area contributed by atoms with Crippen molar-refractivity contribution in [3.05, 3.63) is 46.4 Å². The van der Waals surface area contributed by atoms with E-state index in [1.165, 1.54) is 11.8 Å². The molecule has 0 fully saturated rings. The van der Waals surface area contributed by atoms with Crippen LogP contribution in [0, 0.1) is 27.7 Å². The van der Waals surface area contributed by atoms with Crippen LogP contribution in [0.3, 0.4) is 0 Å². The van der Waals surface area contributed by atoms with Gasteiger partial charge in [0, 0.05) is 11.6 Å². The van der Waals surface area contributed by atoms with E-state index < -0.39 is 5.97 Å². The third-order valence-electron chi connectivity index (χ3n) is 4.02. The first-order chi connectivity index (χ1) is 12.4. The fourth-order valence-corrected chi connectivity index (χ4v) is 2.83. The Hall–Kier alpha value is -3.09. The average molecular weight is 351 g/mol. The molecule has 2 heterocycles. The monoisotopic (exact) mass is 351 g/mol. The molecule has 0 atom stereocenters. The van der Waals surface area contributed by atoms with Crippen molar-refractivity contribution in [1.82, 2.24) is 19.9 Å². The van der Waals surface area contributed by atoms with Crippen LogP contribution in [-0.4, -0.2) is 32.5 Å². The molecule has 3 rings (SSSR count). The number of benzene rings is 1. The number of nitrogens with one attached hydrogen (secondary N) is 1. The summed E-state index contributed by atoms with van der Waals surface area (Å²) in [6.45, 7) is 9.83. The number of hydrogen-bond donors (Lipinski definition) is 1. The number of aryl methyl sites for hydroxylation is 4. The topological polar surface area (TPSA) is 89.9 Å². The lowest BCUT2D eigenvalue weighted by atomic mass is 10.1. The Kier molecular flexibility index (Phi) is 4.79. The third-order valence-corrected chi connectivity index (χ3v) is 4.02. The summed E-state index contributed by atoms with van der Waals surface area (Å²) in [4.78, 5) is 29.4. The van der Waals surface area contributed by atoms with Crippen molar-refractivity contribution >= 4 is 28.8 Å². The van der Waals surface area contributed by atoms with E-state index in [0.29, 0.717) is 29.8 Å². The first-order valence-electron chi connectivity index (χ1n) is 8.42. The maximum Gasteiger partial charge on any atom is 0.341 e. The number of anilines is 2. The fourth-order valence-electron chi connectivity index (χ4n) is 2.83. The van der Waals surface area contributed by atoms with E-state index >= 15 is 0 Å². The van der Waals surface area contributed by atoms with Gasteiger partial charge in [-0.25, -0.2) is 24.7 Å². The summed E-state index contributed by atoms with van der Waals surface area (Å²) >= 11 is 0. The Balaban J connectivity index is 1.94. The van der Waals surface area contributed by atoms with Crippen LogP contribution >= 0.6 is 0 Å². The van der Waals surface area contributed by atoms with Crippen LogP contribution in [0.15, 0.2) is 18.3 Å². The molecular formula is C19H21N5O2. The first kappa shape index (κ1) is 17.7. The summed E-state index contributed by atoms with van der Waals surface area (Å²) in [5.74, 6) is 0.324. The molecule has 0 bridgehead atoms. The number of ether oxygens (including phenoxy) is 1. The number of fused-ring (bicyclic) bond motifs is 1. The van der Waals surface area contributed by atoms with Gasteiger partial charge in [-0.1, -0.05) is 11.6 Å². The Morgan fingerprint density at radius 2 is 1.77 bits per heavy atom. The number of hydrogen-bond acceptors (Lipinski definition) is 7. The van der Waals surface area contributed by atoms with E-state index in [0.717, 1.165) is 22.2 Å². The molecule has 0 spiro atoms. The standard InChI is InChI=1S/C19H21N5O2/c1-6-26-17(25)15-9-20-18(21-13(15)5)24-19-22-12(4)14-8-10(2)7-11(3)16(14)23-19/h7-9H,6H2,1-5H3,(H,20,21,22,23,24). The smallest absolute Gasteiger partial charge is 0.341 e. The molecule has 0 radical (unpaired) electrons. The molecule has 7 heteroatoms. The van der Waals surface area contributed by atoms with Crippen LogP contribution in [0.4, 0.5) is 11.9 Å². The predicted molar refractivity (Wildman–Crippen MR) is 99.8 cm³/mol. The molecule has 0 saturated heterocycles. The van der Waals surface area contributed by atoms with Gasteiger partial charge in [-0.2, -0.15) is 0 Å². The molecule has 0 aliphatic carbocycles. The van der Waals surface area contributed by atoms with Gasteiger partial charge in [0.25, 0.3) is 0 Å². The van der Waals surface area contributed by atoms with Crippen LogP contribution in [0.2, 0.25) is 0 Å². The molecule has 26 heavy (non-hydrogen) atoms. The molecule has 134 valence electrons. The lowest BCUT2D eigenvalue weighted by Gasteiger charge is -2.10. The van der Waals surface area contributed by atoms with Gasteiger partial charge in [0.15, 0.2) is 0 Å². The molecule has 0 aliphatic heterocycles. The van der Waals surface area contributed by atoms with Crippen LogP contribution < -0.4 is 5.32 Å². The second-order valence-corrected chi connectivity index (χ2v) is 6.15. The van der Waals surface area contributed by atoms with Crippen molar-refractivity contribution in [1.29, 1.82) is 0 Å². The lowest BCUT2D eigenvalue weighted by Crippen LogP contribution is -2.11. The highest BCUT2D eigenvalue weighted by atomic mass is 16.5. The van der Waals surface area contributed by atoms with Crippen LogP contribution in [0.5, 0.6) is 0 Å². The average Bonchev–Trinajstić information content (AvgIpc) is 2.56. The highest BCUT2D eigenvalue weighted by Crippen LogP contribution is 2.23. The summed E-state index contributed by atoms with van der Waals surface area (Å²) in [7, 11) is 0.